The van der Waals surface area contributed by atoms with Gasteiger partial charge in [0.2, 0.25) is 0 Å². The predicted molar refractivity (Wildman–Crippen MR) is 90.4 cm³/mol. The first-order valence-corrected chi connectivity index (χ1v) is 8.30. The van der Waals surface area contributed by atoms with Crippen molar-refractivity contribution >= 4 is 11.7 Å². The Labute approximate surface area is 145 Å². The van der Waals surface area contributed by atoms with Crippen molar-refractivity contribution in [2.24, 2.45) is 5.41 Å². The summed E-state index contributed by atoms with van der Waals surface area (Å²) in [4.78, 5) is 27.2. The van der Waals surface area contributed by atoms with Crippen LogP contribution in [0.3, 0.4) is 0 Å². The van der Waals surface area contributed by atoms with E-state index in [-0.39, 0.29) is 17.5 Å². The van der Waals surface area contributed by atoms with E-state index in [2.05, 4.69) is 0 Å². The molecule has 3 nitrogen and oxygen atoms in total. The third-order valence-electron chi connectivity index (χ3n) is 5.00. The van der Waals surface area contributed by atoms with Gasteiger partial charge < -0.3 is 4.90 Å². The zero-order valence-electron chi connectivity index (χ0n) is 14.0. The summed E-state index contributed by atoms with van der Waals surface area (Å²) in [5.74, 6) is -1.05. The molecule has 1 aliphatic heterocycles. The zero-order valence-corrected chi connectivity index (χ0v) is 14.0. The van der Waals surface area contributed by atoms with Crippen molar-refractivity contribution in [1.82, 2.24) is 4.90 Å². The number of carbonyl (C=O) groups is 2. The molecular weight excluding hydrogens is 324 g/mol. The normalized spacial score (nSPS) is 19.9. The van der Waals surface area contributed by atoms with Crippen molar-refractivity contribution in [2.75, 3.05) is 13.1 Å². The lowest BCUT2D eigenvalue weighted by Crippen LogP contribution is -2.36. The van der Waals surface area contributed by atoms with Gasteiger partial charge in [0, 0.05) is 24.2 Å². The predicted octanol–water partition coefficient (Wildman–Crippen LogP) is 4.09. The van der Waals surface area contributed by atoms with Crippen molar-refractivity contribution in [3.8, 4) is 0 Å². The number of amides is 1. The molecule has 130 valence electrons. The van der Waals surface area contributed by atoms with Crippen LogP contribution in [0.5, 0.6) is 0 Å². The van der Waals surface area contributed by atoms with Crippen LogP contribution < -0.4 is 0 Å². The molecule has 0 aromatic heterocycles. The molecule has 2 aromatic carbocycles. The van der Waals surface area contributed by atoms with Crippen LogP contribution in [-0.2, 0) is 0 Å². The van der Waals surface area contributed by atoms with Gasteiger partial charge >= 0.3 is 0 Å². The zero-order chi connectivity index (χ0) is 18.0. The number of nitrogens with zero attached hydrogens (tertiary/aromatic N) is 1. The lowest BCUT2D eigenvalue weighted by molar-refractivity contribution is 0.0724. The van der Waals surface area contributed by atoms with Gasteiger partial charge in [-0.25, -0.2) is 8.78 Å². The van der Waals surface area contributed by atoms with E-state index in [1.807, 2.05) is 6.92 Å². The third kappa shape index (κ3) is 3.31. The maximum Gasteiger partial charge on any atom is 0.253 e. The van der Waals surface area contributed by atoms with Gasteiger partial charge in [0.05, 0.1) is 5.41 Å². The molecule has 0 unspecified atom stereocenters. The van der Waals surface area contributed by atoms with E-state index >= 15 is 0 Å². The molecule has 1 fully saturated rings. The van der Waals surface area contributed by atoms with Crippen LogP contribution in [0.25, 0.3) is 0 Å². The maximum atomic E-state index is 13.1. The highest BCUT2D eigenvalue weighted by molar-refractivity contribution is 6.02. The summed E-state index contributed by atoms with van der Waals surface area (Å²) >= 11 is 0. The molecule has 0 N–H and O–H groups in total. The van der Waals surface area contributed by atoms with Gasteiger partial charge in [0.1, 0.15) is 11.6 Å². The van der Waals surface area contributed by atoms with Gasteiger partial charge in [-0.2, -0.15) is 0 Å². The highest BCUT2D eigenvalue weighted by Crippen LogP contribution is 2.38. The van der Waals surface area contributed by atoms with Crippen molar-refractivity contribution in [2.45, 2.75) is 19.8 Å². The molecule has 0 aliphatic carbocycles. The Kier molecular flexibility index (Phi) is 4.66. The van der Waals surface area contributed by atoms with Crippen LogP contribution in [0.15, 0.2) is 48.5 Å². The average Bonchev–Trinajstić information content (AvgIpc) is 3.08. The maximum absolute atomic E-state index is 13.1. The van der Waals surface area contributed by atoms with Gasteiger partial charge in [-0.05, 0) is 61.4 Å². The molecule has 3 rings (SSSR count). The van der Waals surface area contributed by atoms with E-state index in [0.29, 0.717) is 37.1 Å². The van der Waals surface area contributed by atoms with Crippen LogP contribution >= 0.6 is 0 Å². The fourth-order valence-electron chi connectivity index (χ4n) is 3.36. The Morgan fingerprint density at radius 2 is 1.48 bits per heavy atom. The molecule has 5 heteroatoms. The highest BCUT2D eigenvalue weighted by atomic mass is 19.1. The second-order valence-corrected chi connectivity index (χ2v) is 6.45. The summed E-state index contributed by atoms with van der Waals surface area (Å²) in [6.07, 6.45) is 1.16. The van der Waals surface area contributed by atoms with Crippen molar-refractivity contribution in [3.63, 3.8) is 0 Å². The Balaban J connectivity index is 1.80. The summed E-state index contributed by atoms with van der Waals surface area (Å²) in [7, 11) is 0. The fourth-order valence-corrected chi connectivity index (χ4v) is 3.36. The lowest BCUT2D eigenvalue weighted by Gasteiger charge is -2.26. The van der Waals surface area contributed by atoms with E-state index in [0.717, 1.165) is 0 Å². The number of hydrogen-bond donors (Lipinski definition) is 0. The number of ketones is 1. The van der Waals surface area contributed by atoms with Gasteiger partial charge in [0.15, 0.2) is 5.78 Å². The molecule has 0 spiro atoms. The first-order valence-electron chi connectivity index (χ1n) is 8.30. The van der Waals surface area contributed by atoms with Gasteiger partial charge in [0.25, 0.3) is 5.91 Å². The van der Waals surface area contributed by atoms with Crippen LogP contribution in [0, 0.1) is 17.0 Å². The molecule has 1 heterocycles. The number of Topliss-reactive ketones (excluding diaryl/α,β-unsaturated/α-hetero) is 1. The SMILES string of the molecule is CC[C@]1(C(=O)c2ccc(F)cc2)CCN(C(=O)c2ccc(F)cc2)C1. The summed E-state index contributed by atoms with van der Waals surface area (Å²) < 4.78 is 26.1. The Hall–Kier alpha value is -2.56. The van der Waals surface area contributed by atoms with Crippen molar-refractivity contribution in [3.05, 3.63) is 71.3 Å². The molecule has 25 heavy (non-hydrogen) atoms. The van der Waals surface area contributed by atoms with Crippen LogP contribution in [0.4, 0.5) is 8.78 Å². The van der Waals surface area contributed by atoms with E-state index in [1.165, 1.54) is 48.5 Å². The first-order chi connectivity index (χ1) is 11.9. The monoisotopic (exact) mass is 343 g/mol. The number of carbonyl (C=O) groups excluding carboxylic acids is 2. The van der Waals surface area contributed by atoms with Crippen molar-refractivity contribution < 1.29 is 18.4 Å². The van der Waals surface area contributed by atoms with Gasteiger partial charge in [-0.3, -0.25) is 9.59 Å². The topological polar surface area (TPSA) is 37.4 Å². The molecule has 0 bridgehead atoms. The quantitative estimate of drug-likeness (QED) is 0.784. The van der Waals surface area contributed by atoms with Gasteiger partial charge in [-0.1, -0.05) is 6.92 Å². The second-order valence-electron chi connectivity index (χ2n) is 6.45. The van der Waals surface area contributed by atoms with Crippen LogP contribution in [0.2, 0.25) is 0 Å². The van der Waals surface area contributed by atoms with Crippen LogP contribution in [0.1, 0.15) is 40.5 Å². The molecule has 1 atom stereocenters. The smallest absolute Gasteiger partial charge is 0.253 e. The average molecular weight is 343 g/mol. The standard InChI is InChI=1S/C20H19F2NO2/c1-2-20(18(24)14-3-7-16(21)8-4-14)11-12-23(13-20)19(25)15-5-9-17(22)10-6-15/h3-10H,2,11-13H2,1H3/t20-/m0/s1. The number of benzene rings is 2. The third-order valence-corrected chi connectivity index (χ3v) is 5.00. The summed E-state index contributed by atoms with van der Waals surface area (Å²) in [6, 6.07) is 10.9. The van der Waals surface area contributed by atoms with E-state index in [4.69, 9.17) is 0 Å². The Morgan fingerprint density at radius 3 is 2.00 bits per heavy atom. The molecular formula is C20H19F2NO2. The van der Waals surface area contributed by atoms with E-state index < -0.39 is 11.2 Å². The Bertz CT molecular complexity index is 786. The lowest BCUT2D eigenvalue weighted by atomic mass is 9.77. The van der Waals surface area contributed by atoms with Crippen molar-refractivity contribution in [1.29, 1.82) is 0 Å². The molecule has 2 aromatic rings. The minimum absolute atomic E-state index is 0.0654. The minimum atomic E-state index is -0.659. The molecule has 0 saturated carbocycles. The van der Waals surface area contributed by atoms with E-state index in [9.17, 15) is 18.4 Å². The van der Waals surface area contributed by atoms with E-state index in [1.54, 1.807) is 4.90 Å². The highest BCUT2D eigenvalue weighted by Gasteiger charge is 2.44. The van der Waals surface area contributed by atoms with Crippen LogP contribution in [-0.4, -0.2) is 29.7 Å². The van der Waals surface area contributed by atoms with Gasteiger partial charge in [-0.15, -0.1) is 0 Å². The molecule has 1 amide bonds. The summed E-state index contributed by atoms with van der Waals surface area (Å²) in [5.41, 5.74) is 0.204. The number of rotatable bonds is 4. The molecule has 1 saturated heterocycles. The number of halogens is 2. The second kappa shape index (κ2) is 6.75. The summed E-state index contributed by atoms with van der Waals surface area (Å²) in [6.45, 7) is 2.71. The molecule has 1 aliphatic rings. The minimum Gasteiger partial charge on any atom is -0.338 e. The molecule has 0 radical (unpaired) electrons. The number of hydrogen-bond acceptors (Lipinski definition) is 2. The fraction of sp³-hybridized carbons (Fsp3) is 0.300. The first kappa shape index (κ1) is 17.3. The summed E-state index contributed by atoms with van der Waals surface area (Å²) in [5, 5.41) is 0. The number of likely N-dealkylation sites (tertiary alicyclic amines) is 1. The Morgan fingerprint density at radius 1 is 0.960 bits per heavy atom. The largest absolute Gasteiger partial charge is 0.338 e.